The number of nitrogens with zero attached hydrogens (tertiary/aromatic N) is 1. The second-order valence-corrected chi connectivity index (χ2v) is 3.77. The molecule has 1 rings (SSSR count). The van der Waals surface area contributed by atoms with Crippen LogP contribution in [0.25, 0.3) is 0 Å². The van der Waals surface area contributed by atoms with E-state index in [9.17, 15) is 4.79 Å². The molecule has 0 N–H and O–H groups in total. The van der Waals surface area contributed by atoms with E-state index in [2.05, 4.69) is 22.5 Å². The molecular formula is C11H12BrNO2. The van der Waals surface area contributed by atoms with Gasteiger partial charge in [0.15, 0.2) is 0 Å². The summed E-state index contributed by atoms with van der Waals surface area (Å²) >= 11 is 3.38. The SMILES string of the molecule is C=CC(=O)N(C)c1ccc(OC)cc1Br. The largest absolute Gasteiger partial charge is 0.497 e. The molecule has 1 aromatic carbocycles. The Morgan fingerprint density at radius 2 is 2.27 bits per heavy atom. The summed E-state index contributed by atoms with van der Waals surface area (Å²) in [6.45, 7) is 3.44. The van der Waals surface area contributed by atoms with Crippen LogP contribution in [0.3, 0.4) is 0 Å². The van der Waals surface area contributed by atoms with Crippen molar-refractivity contribution < 1.29 is 9.53 Å². The molecule has 3 nitrogen and oxygen atoms in total. The number of halogens is 1. The molecule has 0 bridgehead atoms. The number of ether oxygens (including phenoxy) is 1. The monoisotopic (exact) mass is 269 g/mol. The third-order valence-electron chi connectivity index (χ3n) is 2.02. The first-order valence-electron chi connectivity index (χ1n) is 4.33. The van der Waals surface area contributed by atoms with Crippen LogP contribution in [0.5, 0.6) is 5.75 Å². The van der Waals surface area contributed by atoms with E-state index in [0.29, 0.717) is 0 Å². The molecule has 0 aliphatic heterocycles. The molecule has 0 heterocycles. The fourth-order valence-corrected chi connectivity index (χ4v) is 1.77. The Morgan fingerprint density at radius 3 is 2.73 bits per heavy atom. The zero-order valence-electron chi connectivity index (χ0n) is 8.66. The van der Waals surface area contributed by atoms with Gasteiger partial charge in [-0.05, 0) is 40.2 Å². The van der Waals surface area contributed by atoms with Crippen LogP contribution < -0.4 is 9.64 Å². The van der Waals surface area contributed by atoms with E-state index >= 15 is 0 Å². The molecule has 0 aromatic heterocycles. The van der Waals surface area contributed by atoms with Crippen molar-refractivity contribution in [1.29, 1.82) is 0 Å². The normalized spacial score (nSPS) is 9.53. The second kappa shape index (κ2) is 4.98. The van der Waals surface area contributed by atoms with Crippen LogP contribution in [0.2, 0.25) is 0 Å². The van der Waals surface area contributed by atoms with E-state index in [0.717, 1.165) is 15.9 Å². The number of anilines is 1. The number of amides is 1. The molecular weight excluding hydrogens is 258 g/mol. The molecule has 0 fully saturated rings. The van der Waals surface area contributed by atoms with Gasteiger partial charge in [-0.2, -0.15) is 0 Å². The number of methoxy groups -OCH3 is 1. The maximum Gasteiger partial charge on any atom is 0.250 e. The van der Waals surface area contributed by atoms with Crippen LogP contribution >= 0.6 is 15.9 Å². The third-order valence-corrected chi connectivity index (χ3v) is 2.66. The fraction of sp³-hybridized carbons (Fsp3) is 0.182. The molecule has 0 aliphatic carbocycles. The van der Waals surface area contributed by atoms with Crippen molar-refractivity contribution in [2.24, 2.45) is 0 Å². The first kappa shape index (κ1) is 11.8. The number of likely N-dealkylation sites (N-methyl/N-ethyl adjacent to an activating group) is 1. The highest BCUT2D eigenvalue weighted by Crippen LogP contribution is 2.29. The lowest BCUT2D eigenvalue weighted by molar-refractivity contribution is -0.113. The highest BCUT2D eigenvalue weighted by Gasteiger charge is 2.10. The van der Waals surface area contributed by atoms with Crippen LogP contribution in [0.15, 0.2) is 35.3 Å². The van der Waals surface area contributed by atoms with Gasteiger partial charge in [0.1, 0.15) is 5.75 Å². The Hall–Kier alpha value is -1.29. The Labute approximate surface area is 97.5 Å². The predicted molar refractivity (Wildman–Crippen MR) is 64.3 cm³/mol. The molecule has 15 heavy (non-hydrogen) atoms. The van der Waals surface area contributed by atoms with Crippen molar-refractivity contribution in [2.45, 2.75) is 0 Å². The maximum absolute atomic E-state index is 11.4. The quantitative estimate of drug-likeness (QED) is 0.790. The van der Waals surface area contributed by atoms with E-state index in [1.807, 2.05) is 12.1 Å². The van der Waals surface area contributed by atoms with Crippen molar-refractivity contribution in [3.63, 3.8) is 0 Å². The Balaban J connectivity index is 3.05. The molecule has 1 aromatic rings. The molecule has 80 valence electrons. The number of benzene rings is 1. The van der Waals surface area contributed by atoms with Crippen LogP contribution in [0, 0.1) is 0 Å². The van der Waals surface area contributed by atoms with Crippen LogP contribution in [-0.4, -0.2) is 20.1 Å². The number of hydrogen-bond donors (Lipinski definition) is 0. The first-order valence-corrected chi connectivity index (χ1v) is 5.13. The smallest absolute Gasteiger partial charge is 0.250 e. The number of rotatable bonds is 3. The summed E-state index contributed by atoms with van der Waals surface area (Å²) in [5.74, 6) is 0.589. The molecule has 0 saturated heterocycles. The minimum Gasteiger partial charge on any atom is -0.497 e. The standard InChI is InChI=1S/C11H12BrNO2/c1-4-11(14)13(2)10-6-5-8(15-3)7-9(10)12/h4-7H,1H2,2-3H3. The van der Waals surface area contributed by atoms with E-state index in [4.69, 9.17) is 4.74 Å². The number of carbonyl (C=O) groups is 1. The van der Waals surface area contributed by atoms with Gasteiger partial charge < -0.3 is 9.64 Å². The van der Waals surface area contributed by atoms with E-state index < -0.39 is 0 Å². The Morgan fingerprint density at radius 1 is 1.60 bits per heavy atom. The van der Waals surface area contributed by atoms with E-state index in [1.54, 1.807) is 20.2 Å². The summed E-state index contributed by atoms with van der Waals surface area (Å²) in [5, 5.41) is 0. The summed E-state index contributed by atoms with van der Waals surface area (Å²) in [6.07, 6.45) is 1.27. The van der Waals surface area contributed by atoms with Crippen molar-refractivity contribution in [2.75, 3.05) is 19.1 Å². The Bertz CT molecular complexity index is 390. The molecule has 0 aliphatic rings. The fourth-order valence-electron chi connectivity index (χ4n) is 1.14. The summed E-state index contributed by atoms with van der Waals surface area (Å²) in [5.41, 5.74) is 0.778. The van der Waals surface area contributed by atoms with E-state index in [-0.39, 0.29) is 5.91 Å². The maximum atomic E-state index is 11.4. The number of hydrogen-bond acceptors (Lipinski definition) is 2. The summed E-state index contributed by atoms with van der Waals surface area (Å²) in [4.78, 5) is 12.9. The van der Waals surface area contributed by atoms with Crippen molar-refractivity contribution in [3.05, 3.63) is 35.3 Å². The summed E-state index contributed by atoms with van der Waals surface area (Å²) in [6, 6.07) is 5.42. The highest BCUT2D eigenvalue weighted by molar-refractivity contribution is 9.10. The lowest BCUT2D eigenvalue weighted by Crippen LogP contribution is -2.24. The summed E-state index contributed by atoms with van der Waals surface area (Å²) in [7, 11) is 3.29. The van der Waals surface area contributed by atoms with Crippen LogP contribution in [0.4, 0.5) is 5.69 Å². The predicted octanol–water partition coefficient (Wildman–Crippen LogP) is 2.61. The zero-order valence-corrected chi connectivity index (χ0v) is 10.2. The van der Waals surface area contributed by atoms with Gasteiger partial charge in [-0.15, -0.1) is 0 Å². The van der Waals surface area contributed by atoms with Crippen LogP contribution in [-0.2, 0) is 4.79 Å². The topological polar surface area (TPSA) is 29.5 Å². The van der Waals surface area contributed by atoms with Gasteiger partial charge in [0.25, 0.3) is 0 Å². The Kier molecular flexibility index (Phi) is 3.91. The lowest BCUT2D eigenvalue weighted by atomic mass is 10.3. The van der Waals surface area contributed by atoms with Gasteiger partial charge >= 0.3 is 0 Å². The van der Waals surface area contributed by atoms with Crippen molar-refractivity contribution in [3.8, 4) is 5.75 Å². The zero-order chi connectivity index (χ0) is 11.4. The minimum absolute atomic E-state index is 0.152. The minimum atomic E-state index is -0.152. The van der Waals surface area contributed by atoms with E-state index in [1.165, 1.54) is 11.0 Å². The molecule has 0 spiro atoms. The van der Waals surface area contributed by atoms with Gasteiger partial charge in [-0.3, -0.25) is 4.79 Å². The molecule has 0 saturated carbocycles. The number of carbonyl (C=O) groups excluding carboxylic acids is 1. The highest BCUT2D eigenvalue weighted by atomic mass is 79.9. The molecule has 0 unspecified atom stereocenters. The summed E-state index contributed by atoms with van der Waals surface area (Å²) < 4.78 is 5.87. The van der Waals surface area contributed by atoms with Gasteiger partial charge in [-0.1, -0.05) is 6.58 Å². The molecule has 0 radical (unpaired) electrons. The second-order valence-electron chi connectivity index (χ2n) is 2.92. The lowest BCUT2D eigenvalue weighted by Gasteiger charge is -2.17. The van der Waals surface area contributed by atoms with Gasteiger partial charge in [0.2, 0.25) is 5.91 Å². The van der Waals surface area contributed by atoms with Gasteiger partial charge in [0.05, 0.1) is 12.8 Å². The third kappa shape index (κ3) is 2.59. The van der Waals surface area contributed by atoms with Crippen LogP contribution in [0.1, 0.15) is 0 Å². The van der Waals surface area contributed by atoms with Crippen molar-refractivity contribution in [1.82, 2.24) is 0 Å². The molecule has 4 heteroatoms. The average molecular weight is 270 g/mol. The van der Waals surface area contributed by atoms with Crippen molar-refractivity contribution >= 4 is 27.5 Å². The average Bonchev–Trinajstić information content (AvgIpc) is 2.26. The van der Waals surface area contributed by atoms with Gasteiger partial charge in [-0.25, -0.2) is 0 Å². The molecule has 1 amide bonds. The molecule has 0 atom stereocenters. The van der Waals surface area contributed by atoms with Gasteiger partial charge in [0, 0.05) is 11.5 Å². The first-order chi connectivity index (χ1) is 7.10.